The van der Waals surface area contributed by atoms with Gasteiger partial charge in [0.25, 0.3) is 5.91 Å². The summed E-state index contributed by atoms with van der Waals surface area (Å²) in [6.45, 7) is 3.75. The van der Waals surface area contributed by atoms with Crippen molar-refractivity contribution in [3.05, 3.63) is 77.5 Å². The Labute approximate surface area is 158 Å². The van der Waals surface area contributed by atoms with Crippen LogP contribution in [0.2, 0.25) is 0 Å². The Bertz CT molecular complexity index is 895. The number of rotatable bonds is 5. The van der Waals surface area contributed by atoms with E-state index in [1.165, 1.54) is 6.20 Å². The first kappa shape index (κ1) is 18.5. The number of methoxy groups -OCH3 is 1. The number of amides is 1. The van der Waals surface area contributed by atoms with Crippen LogP contribution in [0.3, 0.4) is 0 Å². The smallest absolute Gasteiger partial charge is 0.275 e. The third kappa shape index (κ3) is 4.09. The number of aliphatic imine (C=N–C) groups is 1. The van der Waals surface area contributed by atoms with E-state index in [1.807, 2.05) is 36.4 Å². The number of nitrogens with two attached hydrogens (primary N) is 2. The van der Waals surface area contributed by atoms with Gasteiger partial charge in [0, 0.05) is 23.9 Å². The molecular weight excluding hydrogens is 342 g/mol. The molecule has 7 heteroatoms. The van der Waals surface area contributed by atoms with Crippen LogP contribution in [0.5, 0.6) is 0 Å². The number of hydrogen-bond acceptors (Lipinski definition) is 6. The second-order valence-electron chi connectivity index (χ2n) is 6.21. The highest BCUT2D eigenvalue weighted by Gasteiger charge is 2.22. The summed E-state index contributed by atoms with van der Waals surface area (Å²) < 4.78 is 5.34. The van der Waals surface area contributed by atoms with E-state index in [4.69, 9.17) is 16.2 Å². The van der Waals surface area contributed by atoms with E-state index < -0.39 is 6.17 Å². The molecule has 1 atom stereocenters. The number of carbonyl (C=O) groups excluding carboxylic acids is 1. The van der Waals surface area contributed by atoms with Crippen LogP contribution in [-0.2, 0) is 9.53 Å². The van der Waals surface area contributed by atoms with E-state index in [2.05, 4.69) is 22.2 Å². The average molecular weight is 365 g/mol. The van der Waals surface area contributed by atoms with Crippen molar-refractivity contribution in [1.82, 2.24) is 10.6 Å². The molecule has 7 nitrogen and oxygen atoms in total. The molecule has 0 fully saturated rings. The average Bonchev–Trinajstić information content (AvgIpc) is 2.68. The van der Waals surface area contributed by atoms with Gasteiger partial charge in [-0.25, -0.2) is 4.99 Å². The Morgan fingerprint density at radius 3 is 3.00 bits per heavy atom. The van der Waals surface area contributed by atoms with Crippen LogP contribution in [0.25, 0.3) is 5.70 Å². The van der Waals surface area contributed by atoms with Crippen molar-refractivity contribution in [2.75, 3.05) is 7.11 Å². The zero-order chi connectivity index (χ0) is 19.4. The zero-order valence-electron chi connectivity index (χ0n) is 15.2. The first-order valence-corrected chi connectivity index (χ1v) is 8.60. The second-order valence-corrected chi connectivity index (χ2v) is 6.21. The zero-order valence-corrected chi connectivity index (χ0v) is 15.2. The van der Waals surface area contributed by atoms with Crippen LogP contribution in [-0.4, -0.2) is 24.9 Å². The Kier molecular flexibility index (Phi) is 5.42. The number of nitrogens with one attached hydrogen (secondary N) is 2. The first-order valence-electron chi connectivity index (χ1n) is 8.60. The van der Waals surface area contributed by atoms with E-state index in [0.717, 1.165) is 29.7 Å². The fourth-order valence-electron chi connectivity index (χ4n) is 2.87. The summed E-state index contributed by atoms with van der Waals surface area (Å²) in [4.78, 5) is 17.1. The summed E-state index contributed by atoms with van der Waals surface area (Å²) in [5.74, 6) is 0.396. The van der Waals surface area contributed by atoms with E-state index in [-0.39, 0.29) is 11.6 Å². The van der Waals surface area contributed by atoms with Gasteiger partial charge in [-0.3, -0.25) is 4.79 Å². The lowest BCUT2D eigenvalue weighted by Crippen LogP contribution is -2.45. The van der Waals surface area contributed by atoms with Gasteiger partial charge >= 0.3 is 0 Å². The maximum atomic E-state index is 12.7. The van der Waals surface area contributed by atoms with Crippen molar-refractivity contribution >= 4 is 17.3 Å². The van der Waals surface area contributed by atoms with Crippen molar-refractivity contribution in [2.24, 2.45) is 16.5 Å². The van der Waals surface area contributed by atoms with Crippen molar-refractivity contribution in [2.45, 2.75) is 19.0 Å². The van der Waals surface area contributed by atoms with Crippen LogP contribution >= 0.6 is 0 Å². The van der Waals surface area contributed by atoms with Gasteiger partial charge in [0.05, 0.1) is 18.5 Å². The summed E-state index contributed by atoms with van der Waals surface area (Å²) in [6, 6.07) is 7.41. The predicted molar refractivity (Wildman–Crippen MR) is 106 cm³/mol. The van der Waals surface area contributed by atoms with Crippen molar-refractivity contribution in [1.29, 1.82) is 0 Å². The molecule has 1 aliphatic carbocycles. The van der Waals surface area contributed by atoms with E-state index in [1.54, 1.807) is 7.11 Å². The molecule has 140 valence electrons. The fourth-order valence-corrected chi connectivity index (χ4v) is 2.87. The van der Waals surface area contributed by atoms with E-state index in [9.17, 15) is 4.79 Å². The minimum Gasteiger partial charge on any atom is -0.499 e. The van der Waals surface area contributed by atoms with Crippen LogP contribution in [0.1, 0.15) is 24.0 Å². The topological polar surface area (TPSA) is 115 Å². The van der Waals surface area contributed by atoms with Gasteiger partial charge in [0.1, 0.15) is 17.6 Å². The van der Waals surface area contributed by atoms with Gasteiger partial charge < -0.3 is 26.8 Å². The molecule has 6 N–H and O–H groups in total. The van der Waals surface area contributed by atoms with Gasteiger partial charge in [0.15, 0.2) is 0 Å². The molecule has 0 radical (unpaired) electrons. The summed E-state index contributed by atoms with van der Waals surface area (Å²) >= 11 is 0. The van der Waals surface area contributed by atoms with Gasteiger partial charge in [0.2, 0.25) is 0 Å². The number of allylic oxidation sites excluding steroid dienone is 3. The SMILES string of the molecule is C=C(N)c1cccc(C2=NC(C(=O)NC3=C(OC)CCC=C3)=CNC2N)c1. The molecule has 3 rings (SSSR count). The lowest BCUT2D eigenvalue weighted by Gasteiger charge is -2.22. The number of ether oxygens (including phenoxy) is 1. The van der Waals surface area contributed by atoms with E-state index in [0.29, 0.717) is 17.1 Å². The number of carbonyl (C=O) groups is 1. The maximum Gasteiger partial charge on any atom is 0.275 e. The Morgan fingerprint density at radius 2 is 2.26 bits per heavy atom. The Morgan fingerprint density at radius 1 is 1.44 bits per heavy atom. The first-order chi connectivity index (χ1) is 13.0. The van der Waals surface area contributed by atoms with Crippen LogP contribution < -0.4 is 22.1 Å². The van der Waals surface area contributed by atoms with E-state index >= 15 is 0 Å². The van der Waals surface area contributed by atoms with Crippen LogP contribution in [0, 0.1) is 0 Å². The Balaban J connectivity index is 1.86. The molecule has 1 unspecified atom stereocenters. The Hall–Kier alpha value is -3.32. The molecule has 1 aromatic carbocycles. The molecule has 2 aliphatic rings. The number of benzene rings is 1. The molecule has 0 saturated carbocycles. The minimum atomic E-state index is -0.536. The molecule has 1 aromatic rings. The molecule has 1 heterocycles. The predicted octanol–water partition coefficient (Wildman–Crippen LogP) is 1.46. The molecule has 1 amide bonds. The molecule has 1 aliphatic heterocycles. The van der Waals surface area contributed by atoms with Crippen molar-refractivity contribution in [3.8, 4) is 0 Å². The normalized spacial score (nSPS) is 19.0. The van der Waals surface area contributed by atoms with Crippen molar-refractivity contribution < 1.29 is 9.53 Å². The monoisotopic (exact) mass is 365 g/mol. The molecule has 0 saturated heterocycles. The molecule has 0 bridgehead atoms. The van der Waals surface area contributed by atoms with Gasteiger partial charge in [-0.2, -0.15) is 0 Å². The summed E-state index contributed by atoms with van der Waals surface area (Å²) in [5, 5.41) is 5.82. The van der Waals surface area contributed by atoms with Crippen molar-refractivity contribution in [3.63, 3.8) is 0 Å². The second kappa shape index (κ2) is 7.92. The highest BCUT2D eigenvalue weighted by Crippen LogP contribution is 2.19. The summed E-state index contributed by atoms with van der Waals surface area (Å²) in [6.07, 6.45) is 6.42. The summed E-state index contributed by atoms with van der Waals surface area (Å²) in [7, 11) is 1.59. The molecule has 0 spiro atoms. The molecular formula is C20H23N5O2. The highest BCUT2D eigenvalue weighted by atomic mass is 16.5. The lowest BCUT2D eigenvalue weighted by molar-refractivity contribution is -0.116. The number of hydrogen-bond donors (Lipinski definition) is 4. The highest BCUT2D eigenvalue weighted by molar-refractivity contribution is 6.09. The molecule has 27 heavy (non-hydrogen) atoms. The quantitative estimate of drug-likeness (QED) is 0.631. The maximum absolute atomic E-state index is 12.7. The molecule has 0 aromatic heterocycles. The lowest BCUT2D eigenvalue weighted by atomic mass is 10.0. The standard InChI is InChI=1S/C20H23N5O2/c1-12(21)13-6-5-7-14(10-13)18-19(22)23-11-16(24-18)20(26)25-15-8-3-4-9-17(15)27-2/h3,5-8,10-11,19,23H,1,4,9,21-22H2,2H3,(H,25,26). The van der Waals surface area contributed by atoms with Gasteiger partial charge in [-0.15, -0.1) is 0 Å². The fraction of sp³-hybridized carbons (Fsp3) is 0.200. The third-order valence-corrected chi connectivity index (χ3v) is 4.31. The summed E-state index contributed by atoms with van der Waals surface area (Å²) in [5.41, 5.74) is 15.3. The third-order valence-electron chi connectivity index (χ3n) is 4.31. The number of nitrogens with zero attached hydrogens (tertiary/aromatic N) is 1. The van der Waals surface area contributed by atoms with Crippen LogP contribution in [0.15, 0.2) is 71.3 Å². The minimum absolute atomic E-state index is 0.227. The van der Waals surface area contributed by atoms with Gasteiger partial charge in [-0.05, 0) is 24.1 Å². The van der Waals surface area contributed by atoms with Gasteiger partial charge in [-0.1, -0.05) is 30.9 Å². The largest absolute Gasteiger partial charge is 0.499 e. The van der Waals surface area contributed by atoms with Crippen LogP contribution in [0.4, 0.5) is 0 Å².